The lowest BCUT2D eigenvalue weighted by atomic mass is 10.3. The van der Waals surface area contributed by atoms with Gasteiger partial charge in [-0.1, -0.05) is 6.92 Å². The predicted molar refractivity (Wildman–Crippen MR) is 81.3 cm³/mol. The minimum Gasteiger partial charge on any atom is -0.351 e. The molecule has 0 atom stereocenters. The molecule has 0 aliphatic carbocycles. The number of anilines is 1. The van der Waals surface area contributed by atoms with Gasteiger partial charge in [0.2, 0.25) is 5.91 Å². The van der Waals surface area contributed by atoms with E-state index in [1.54, 1.807) is 30.7 Å². The number of hydrogen-bond acceptors (Lipinski definition) is 5. The Kier molecular flexibility index (Phi) is 5.39. The van der Waals surface area contributed by atoms with E-state index in [0.29, 0.717) is 10.6 Å². The first-order valence-corrected chi connectivity index (χ1v) is 7.43. The molecular weight excluding hydrogens is 288 g/mol. The SMILES string of the molecule is CCc1ncc(C(=O)NCCC(=O)Nc2ccncc2)s1. The van der Waals surface area contributed by atoms with Gasteiger partial charge >= 0.3 is 0 Å². The number of thiazole rings is 1. The smallest absolute Gasteiger partial charge is 0.263 e. The minimum atomic E-state index is -0.191. The van der Waals surface area contributed by atoms with Crippen LogP contribution in [0.25, 0.3) is 0 Å². The number of pyridine rings is 1. The summed E-state index contributed by atoms with van der Waals surface area (Å²) in [7, 11) is 0. The van der Waals surface area contributed by atoms with Crippen molar-refractivity contribution in [3.8, 4) is 0 Å². The monoisotopic (exact) mass is 304 g/mol. The van der Waals surface area contributed by atoms with Crippen LogP contribution in [0.5, 0.6) is 0 Å². The number of carbonyl (C=O) groups excluding carboxylic acids is 2. The number of carbonyl (C=O) groups is 2. The van der Waals surface area contributed by atoms with E-state index in [1.807, 2.05) is 6.92 Å². The summed E-state index contributed by atoms with van der Waals surface area (Å²) >= 11 is 1.37. The fraction of sp³-hybridized carbons (Fsp3) is 0.286. The molecule has 0 saturated carbocycles. The van der Waals surface area contributed by atoms with Gasteiger partial charge in [-0.3, -0.25) is 14.6 Å². The molecule has 0 saturated heterocycles. The Labute approximate surface area is 126 Å². The van der Waals surface area contributed by atoms with E-state index in [1.165, 1.54) is 11.3 Å². The number of hydrogen-bond donors (Lipinski definition) is 2. The van der Waals surface area contributed by atoms with Gasteiger partial charge < -0.3 is 10.6 Å². The van der Waals surface area contributed by atoms with Crippen molar-refractivity contribution in [3.05, 3.63) is 40.6 Å². The number of amides is 2. The maximum absolute atomic E-state index is 11.8. The molecule has 7 heteroatoms. The third-order valence-electron chi connectivity index (χ3n) is 2.68. The second-order valence-corrected chi connectivity index (χ2v) is 5.38. The lowest BCUT2D eigenvalue weighted by Gasteiger charge is -2.05. The Morgan fingerprint density at radius 1 is 1.29 bits per heavy atom. The highest BCUT2D eigenvalue weighted by atomic mass is 32.1. The van der Waals surface area contributed by atoms with Gasteiger partial charge in [-0.05, 0) is 18.6 Å². The van der Waals surface area contributed by atoms with Crippen molar-refractivity contribution in [2.24, 2.45) is 0 Å². The van der Waals surface area contributed by atoms with E-state index < -0.39 is 0 Å². The molecule has 0 aliphatic heterocycles. The van der Waals surface area contributed by atoms with E-state index in [-0.39, 0.29) is 24.8 Å². The van der Waals surface area contributed by atoms with Gasteiger partial charge in [0.05, 0.1) is 11.2 Å². The standard InChI is InChI=1S/C14H16N4O2S/c1-2-13-17-9-11(21-13)14(20)16-8-5-12(19)18-10-3-6-15-7-4-10/h3-4,6-7,9H,2,5,8H2,1H3,(H,16,20)(H,15,18,19). The Hall–Kier alpha value is -2.28. The molecule has 2 aromatic heterocycles. The van der Waals surface area contributed by atoms with Gasteiger partial charge in [0.1, 0.15) is 4.88 Å². The van der Waals surface area contributed by atoms with Crippen LogP contribution >= 0.6 is 11.3 Å². The van der Waals surface area contributed by atoms with Crippen molar-refractivity contribution in [1.82, 2.24) is 15.3 Å². The summed E-state index contributed by atoms with van der Waals surface area (Å²) in [4.78, 5) is 32.1. The highest BCUT2D eigenvalue weighted by Gasteiger charge is 2.10. The first kappa shape index (κ1) is 15.1. The van der Waals surface area contributed by atoms with Gasteiger partial charge in [0.15, 0.2) is 0 Å². The topological polar surface area (TPSA) is 84.0 Å². The van der Waals surface area contributed by atoms with Crippen LogP contribution in [0.1, 0.15) is 28.0 Å². The molecule has 110 valence electrons. The molecule has 2 heterocycles. The van der Waals surface area contributed by atoms with Crippen molar-refractivity contribution in [3.63, 3.8) is 0 Å². The molecular formula is C14H16N4O2S. The summed E-state index contributed by atoms with van der Waals surface area (Å²) in [6.45, 7) is 2.28. The lowest BCUT2D eigenvalue weighted by Crippen LogP contribution is -2.27. The number of rotatable bonds is 6. The second-order valence-electron chi connectivity index (χ2n) is 4.26. The molecule has 0 fully saturated rings. The number of aromatic nitrogens is 2. The van der Waals surface area contributed by atoms with E-state index in [2.05, 4.69) is 20.6 Å². The molecule has 0 bridgehead atoms. The second kappa shape index (κ2) is 7.49. The largest absolute Gasteiger partial charge is 0.351 e. The number of nitrogens with one attached hydrogen (secondary N) is 2. The normalized spacial score (nSPS) is 10.1. The fourth-order valence-corrected chi connectivity index (χ4v) is 2.39. The Morgan fingerprint density at radius 3 is 2.71 bits per heavy atom. The van der Waals surface area contributed by atoms with Crippen LogP contribution in [0, 0.1) is 0 Å². The molecule has 0 unspecified atom stereocenters. The minimum absolute atomic E-state index is 0.153. The zero-order valence-electron chi connectivity index (χ0n) is 11.6. The van der Waals surface area contributed by atoms with Gasteiger partial charge in [-0.15, -0.1) is 11.3 Å². The van der Waals surface area contributed by atoms with Crippen LogP contribution in [-0.2, 0) is 11.2 Å². The van der Waals surface area contributed by atoms with Crippen LogP contribution in [0.3, 0.4) is 0 Å². The maximum atomic E-state index is 11.8. The van der Waals surface area contributed by atoms with Crippen LogP contribution in [0.2, 0.25) is 0 Å². The van der Waals surface area contributed by atoms with Crippen molar-refractivity contribution in [2.45, 2.75) is 19.8 Å². The summed E-state index contributed by atoms with van der Waals surface area (Å²) in [5, 5.41) is 6.37. The molecule has 0 aliphatic rings. The van der Waals surface area contributed by atoms with Gasteiger partial charge in [0, 0.05) is 31.0 Å². The van der Waals surface area contributed by atoms with E-state index in [4.69, 9.17) is 0 Å². The van der Waals surface area contributed by atoms with Crippen molar-refractivity contribution in [2.75, 3.05) is 11.9 Å². The van der Waals surface area contributed by atoms with E-state index in [0.717, 1.165) is 11.4 Å². The fourth-order valence-electron chi connectivity index (χ4n) is 1.61. The third-order valence-corrected chi connectivity index (χ3v) is 3.82. The zero-order valence-corrected chi connectivity index (χ0v) is 12.4. The quantitative estimate of drug-likeness (QED) is 0.853. The third kappa shape index (κ3) is 4.64. The average molecular weight is 304 g/mol. The molecule has 2 amide bonds. The average Bonchev–Trinajstić information content (AvgIpc) is 2.97. The predicted octanol–water partition coefficient (Wildman–Crippen LogP) is 1.86. The number of aryl methyl sites for hydroxylation is 1. The Balaban J connectivity index is 1.73. The van der Waals surface area contributed by atoms with Crippen LogP contribution in [0.15, 0.2) is 30.7 Å². The summed E-state index contributed by atoms with van der Waals surface area (Å²) in [6, 6.07) is 3.42. The molecule has 2 aromatic rings. The molecule has 0 spiro atoms. The van der Waals surface area contributed by atoms with Crippen LogP contribution in [0.4, 0.5) is 5.69 Å². The van der Waals surface area contributed by atoms with Crippen molar-refractivity contribution < 1.29 is 9.59 Å². The highest BCUT2D eigenvalue weighted by molar-refractivity contribution is 7.13. The van der Waals surface area contributed by atoms with Crippen LogP contribution in [-0.4, -0.2) is 28.3 Å². The summed E-state index contributed by atoms with van der Waals surface area (Å²) in [5.41, 5.74) is 0.691. The lowest BCUT2D eigenvalue weighted by molar-refractivity contribution is -0.116. The molecule has 2 N–H and O–H groups in total. The van der Waals surface area contributed by atoms with Crippen molar-refractivity contribution >= 4 is 28.8 Å². The van der Waals surface area contributed by atoms with Crippen LogP contribution < -0.4 is 10.6 Å². The zero-order chi connectivity index (χ0) is 15.1. The molecule has 6 nitrogen and oxygen atoms in total. The van der Waals surface area contributed by atoms with Gasteiger partial charge in [0.25, 0.3) is 5.91 Å². The highest BCUT2D eigenvalue weighted by Crippen LogP contribution is 2.12. The Morgan fingerprint density at radius 2 is 2.05 bits per heavy atom. The first-order valence-electron chi connectivity index (χ1n) is 6.62. The summed E-state index contributed by atoms with van der Waals surface area (Å²) in [6.07, 6.45) is 5.80. The molecule has 0 radical (unpaired) electrons. The van der Waals surface area contributed by atoms with E-state index in [9.17, 15) is 9.59 Å². The first-order chi connectivity index (χ1) is 10.2. The van der Waals surface area contributed by atoms with Crippen molar-refractivity contribution in [1.29, 1.82) is 0 Å². The van der Waals surface area contributed by atoms with Gasteiger partial charge in [-0.25, -0.2) is 4.98 Å². The summed E-state index contributed by atoms with van der Waals surface area (Å²) in [5.74, 6) is -0.344. The molecule has 21 heavy (non-hydrogen) atoms. The molecule has 2 rings (SSSR count). The van der Waals surface area contributed by atoms with Gasteiger partial charge in [-0.2, -0.15) is 0 Å². The van der Waals surface area contributed by atoms with E-state index >= 15 is 0 Å². The summed E-state index contributed by atoms with van der Waals surface area (Å²) < 4.78 is 0. The molecule has 0 aromatic carbocycles. The number of nitrogens with zero attached hydrogens (tertiary/aromatic N) is 2. The maximum Gasteiger partial charge on any atom is 0.263 e. The Bertz CT molecular complexity index is 612.